The van der Waals surface area contributed by atoms with E-state index in [1.807, 2.05) is 22.6 Å². The molecule has 54 valence electrons. The molecule has 0 rings (SSSR count). The Hall–Kier alpha value is 0.930. The van der Waals surface area contributed by atoms with E-state index in [-0.39, 0.29) is 5.97 Å². The lowest BCUT2D eigenvalue weighted by Gasteiger charge is -1.96. The number of alkyl halides is 2. The number of esters is 1. The first kappa shape index (κ1) is 9.93. The van der Waals surface area contributed by atoms with Gasteiger partial charge in [-0.25, -0.2) is 0 Å². The molecule has 0 heterocycles. The number of ether oxygens (including phenoxy) is 1. The van der Waals surface area contributed by atoms with Gasteiger partial charge in [0.25, 0.3) is 0 Å². The molecule has 0 aliphatic heterocycles. The van der Waals surface area contributed by atoms with Crippen molar-refractivity contribution in [1.29, 1.82) is 0 Å². The first-order valence-corrected chi connectivity index (χ1v) is 5.64. The zero-order valence-electron chi connectivity index (χ0n) is 4.90. The van der Waals surface area contributed by atoms with Gasteiger partial charge in [-0.05, 0) is 29.0 Å². The maximum absolute atomic E-state index is 10.6. The number of carbonyl (C=O) groups is 1. The van der Waals surface area contributed by atoms with Crippen LogP contribution in [0.4, 0.5) is 0 Å². The van der Waals surface area contributed by atoms with Gasteiger partial charge >= 0.3 is 5.97 Å². The number of carbonyl (C=O) groups excluding carboxylic acids is 1. The third-order valence-corrected chi connectivity index (χ3v) is 1.80. The molecule has 9 heavy (non-hydrogen) atoms. The fraction of sp³-hybridized carbons (Fsp3) is 0.800. The second-order valence-electron chi connectivity index (χ2n) is 1.42. The van der Waals surface area contributed by atoms with Crippen molar-refractivity contribution >= 4 is 51.2 Å². The highest BCUT2D eigenvalue weighted by Gasteiger charge is 1.98. The zero-order valence-corrected chi connectivity index (χ0v) is 9.22. The zero-order chi connectivity index (χ0) is 7.11. The van der Waals surface area contributed by atoms with Gasteiger partial charge in [0.15, 0.2) is 0 Å². The highest BCUT2D eigenvalue weighted by molar-refractivity contribution is 14.1. The average molecular weight is 354 g/mol. The molecule has 0 aliphatic rings. The normalized spacial score (nSPS) is 9.11. The van der Waals surface area contributed by atoms with Gasteiger partial charge in [-0.15, -0.1) is 0 Å². The first-order valence-electron chi connectivity index (χ1n) is 2.58. The molecule has 0 saturated heterocycles. The predicted molar refractivity (Wildman–Crippen MR) is 53.1 cm³/mol. The second-order valence-corrected chi connectivity index (χ2v) is 3.12. The summed E-state index contributed by atoms with van der Waals surface area (Å²) in [5.74, 6) is -0.0823. The summed E-state index contributed by atoms with van der Waals surface area (Å²) in [6.07, 6.45) is 1.49. The van der Waals surface area contributed by atoms with E-state index in [1.54, 1.807) is 0 Å². The molecule has 4 heteroatoms. The van der Waals surface area contributed by atoms with E-state index < -0.39 is 0 Å². The number of hydrogen-bond donors (Lipinski definition) is 0. The molecule has 0 radical (unpaired) electrons. The maximum Gasteiger partial charge on any atom is 0.306 e. The monoisotopic (exact) mass is 354 g/mol. The minimum Gasteiger partial charge on any atom is -0.455 e. The number of hydrogen-bond acceptors (Lipinski definition) is 2. The van der Waals surface area contributed by atoms with Gasteiger partial charge in [0.05, 0.1) is 0 Å². The van der Waals surface area contributed by atoms with E-state index in [1.165, 1.54) is 0 Å². The topological polar surface area (TPSA) is 26.3 Å². The second kappa shape index (κ2) is 7.04. The van der Waals surface area contributed by atoms with Crippen LogP contribution in [0.3, 0.4) is 0 Å². The molecular formula is C5H8I2O2. The highest BCUT2D eigenvalue weighted by atomic mass is 127. The fourth-order valence-electron chi connectivity index (χ4n) is 0.344. The minimum atomic E-state index is -0.0823. The van der Waals surface area contributed by atoms with Crippen LogP contribution in [0.2, 0.25) is 0 Å². The Labute approximate surface area is 82.0 Å². The summed E-state index contributed by atoms with van der Waals surface area (Å²) in [5.41, 5.74) is 0. The molecule has 0 aliphatic carbocycles. The summed E-state index contributed by atoms with van der Waals surface area (Å²) in [5, 5.41) is 0. The van der Waals surface area contributed by atoms with Crippen LogP contribution < -0.4 is 0 Å². The van der Waals surface area contributed by atoms with Crippen LogP contribution >= 0.6 is 45.2 Å². The van der Waals surface area contributed by atoms with E-state index in [2.05, 4.69) is 27.3 Å². The minimum absolute atomic E-state index is 0.0823. The van der Waals surface area contributed by atoms with Crippen molar-refractivity contribution in [3.63, 3.8) is 0 Å². The average Bonchev–Trinajstić information content (AvgIpc) is 1.85. The molecule has 0 atom stereocenters. The Bertz CT molecular complexity index is 85.0. The SMILES string of the molecule is O=C(CCCI)OCI. The molecule has 0 bridgehead atoms. The third-order valence-electron chi connectivity index (χ3n) is 0.730. The van der Waals surface area contributed by atoms with Crippen LogP contribution in [-0.4, -0.2) is 15.0 Å². The van der Waals surface area contributed by atoms with Crippen LogP contribution in [0.15, 0.2) is 0 Å². The molecule has 0 saturated carbocycles. The maximum atomic E-state index is 10.6. The Balaban J connectivity index is 3.06. The number of halogens is 2. The van der Waals surface area contributed by atoms with Gasteiger partial charge in [-0.1, -0.05) is 22.6 Å². The van der Waals surface area contributed by atoms with Crippen molar-refractivity contribution in [2.24, 2.45) is 0 Å². The molecule has 0 spiro atoms. The first-order chi connectivity index (χ1) is 4.31. The van der Waals surface area contributed by atoms with Gasteiger partial charge in [0, 0.05) is 10.8 Å². The molecule has 0 aromatic heterocycles. The van der Waals surface area contributed by atoms with Crippen molar-refractivity contribution in [3.05, 3.63) is 0 Å². The predicted octanol–water partition coefficient (Wildman–Crippen LogP) is 2.14. The molecule has 0 aromatic rings. The van der Waals surface area contributed by atoms with E-state index in [0.717, 1.165) is 10.8 Å². The van der Waals surface area contributed by atoms with Crippen molar-refractivity contribution in [2.75, 3.05) is 9.04 Å². The Morgan fingerprint density at radius 3 is 2.56 bits per heavy atom. The summed E-state index contributed by atoms with van der Waals surface area (Å²) in [7, 11) is 0. The smallest absolute Gasteiger partial charge is 0.306 e. The van der Waals surface area contributed by atoms with Crippen LogP contribution in [0.1, 0.15) is 12.8 Å². The van der Waals surface area contributed by atoms with Crippen molar-refractivity contribution in [1.82, 2.24) is 0 Å². The Morgan fingerprint density at radius 2 is 2.11 bits per heavy atom. The Kier molecular flexibility index (Phi) is 7.77. The molecule has 2 nitrogen and oxygen atoms in total. The van der Waals surface area contributed by atoms with Crippen molar-refractivity contribution in [2.45, 2.75) is 12.8 Å². The van der Waals surface area contributed by atoms with E-state index in [0.29, 0.717) is 11.0 Å². The van der Waals surface area contributed by atoms with Gasteiger partial charge in [-0.3, -0.25) is 4.79 Å². The summed E-state index contributed by atoms with van der Waals surface area (Å²) in [4.78, 5) is 10.6. The highest BCUT2D eigenvalue weighted by Crippen LogP contribution is 1.97. The quantitative estimate of drug-likeness (QED) is 0.440. The fourth-order valence-corrected chi connectivity index (χ4v) is 1.07. The molecule has 0 aromatic carbocycles. The summed E-state index contributed by atoms with van der Waals surface area (Å²) >= 11 is 4.25. The summed E-state index contributed by atoms with van der Waals surface area (Å²) in [6.45, 7) is 0. The molecule has 0 amide bonds. The van der Waals surface area contributed by atoms with Crippen LogP contribution in [0, 0.1) is 0 Å². The van der Waals surface area contributed by atoms with Gasteiger partial charge in [0.2, 0.25) is 0 Å². The molecule has 0 N–H and O–H groups in total. The van der Waals surface area contributed by atoms with Crippen molar-refractivity contribution < 1.29 is 9.53 Å². The molecule has 0 fully saturated rings. The lowest BCUT2D eigenvalue weighted by Crippen LogP contribution is -2.01. The van der Waals surface area contributed by atoms with E-state index in [4.69, 9.17) is 0 Å². The number of rotatable bonds is 4. The van der Waals surface area contributed by atoms with E-state index in [9.17, 15) is 4.79 Å². The summed E-state index contributed by atoms with van der Waals surface area (Å²) < 4.78 is 6.18. The van der Waals surface area contributed by atoms with Gasteiger partial charge in [-0.2, -0.15) is 0 Å². The van der Waals surface area contributed by atoms with E-state index >= 15 is 0 Å². The summed E-state index contributed by atoms with van der Waals surface area (Å²) in [6, 6.07) is 0. The largest absolute Gasteiger partial charge is 0.455 e. The van der Waals surface area contributed by atoms with Crippen LogP contribution in [-0.2, 0) is 9.53 Å². The standard InChI is InChI=1S/C5H8I2O2/c6-3-1-2-5(8)9-4-7/h1-4H2. The third kappa shape index (κ3) is 6.82. The van der Waals surface area contributed by atoms with Crippen molar-refractivity contribution in [3.8, 4) is 0 Å². The van der Waals surface area contributed by atoms with Crippen LogP contribution in [0.25, 0.3) is 0 Å². The van der Waals surface area contributed by atoms with Gasteiger partial charge < -0.3 is 4.74 Å². The lowest BCUT2D eigenvalue weighted by atomic mass is 10.3. The Morgan fingerprint density at radius 1 is 1.44 bits per heavy atom. The van der Waals surface area contributed by atoms with Crippen LogP contribution in [0.5, 0.6) is 0 Å². The lowest BCUT2D eigenvalue weighted by molar-refractivity contribution is -0.140. The van der Waals surface area contributed by atoms with Gasteiger partial charge in [0.1, 0.15) is 4.61 Å². The molecular weight excluding hydrogens is 346 g/mol. The molecule has 0 unspecified atom stereocenters.